The van der Waals surface area contributed by atoms with Crippen molar-refractivity contribution in [3.05, 3.63) is 23.8 Å². The quantitative estimate of drug-likeness (QED) is 0.888. The lowest BCUT2D eigenvalue weighted by Gasteiger charge is -2.30. The number of carbonyl (C=O) groups excluding carboxylic acids is 2. The molecular formula is C14H17F2N3O2. The molecule has 0 saturated carbocycles. The molecule has 0 aromatic heterocycles. The molecule has 0 radical (unpaired) electrons. The van der Waals surface area contributed by atoms with Gasteiger partial charge in [0, 0.05) is 18.2 Å². The number of rotatable bonds is 4. The van der Waals surface area contributed by atoms with Gasteiger partial charge in [-0.25, -0.2) is 8.78 Å². The highest BCUT2D eigenvalue weighted by Gasteiger charge is 2.27. The highest BCUT2D eigenvalue weighted by Crippen LogP contribution is 2.31. The standard InChI is InChI=1S/C14H17F2N3O2/c1-3-8(2)18-13(20)7-19-12-5-10(16)9(15)4-11(12)17-6-14(19)21/h4-5,8,17H,3,6-7H2,1-2H3,(H,18,20). The zero-order valence-corrected chi connectivity index (χ0v) is 11.9. The van der Waals surface area contributed by atoms with E-state index in [0.29, 0.717) is 5.69 Å². The first kappa shape index (κ1) is 15.2. The minimum absolute atomic E-state index is 0.0139. The highest BCUT2D eigenvalue weighted by atomic mass is 19.2. The number of fused-ring (bicyclic) bond motifs is 1. The van der Waals surface area contributed by atoms with Crippen LogP contribution in [-0.2, 0) is 9.59 Å². The first-order valence-electron chi connectivity index (χ1n) is 6.75. The fraction of sp³-hybridized carbons (Fsp3) is 0.429. The van der Waals surface area contributed by atoms with Crippen LogP contribution in [-0.4, -0.2) is 30.9 Å². The van der Waals surface area contributed by atoms with Crippen LogP contribution in [0, 0.1) is 11.6 Å². The summed E-state index contributed by atoms with van der Waals surface area (Å²) in [4.78, 5) is 25.0. The monoisotopic (exact) mass is 297 g/mol. The number of nitrogens with zero attached hydrogens (tertiary/aromatic N) is 1. The second-order valence-corrected chi connectivity index (χ2v) is 4.99. The first-order chi connectivity index (χ1) is 9.92. The number of benzene rings is 1. The second kappa shape index (κ2) is 6.07. The Balaban J connectivity index is 2.22. The van der Waals surface area contributed by atoms with Crippen LogP contribution in [0.2, 0.25) is 0 Å². The number of nitrogens with one attached hydrogen (secondary N) is 2. The van der Waals surface area contributed by atoms with E-state index in [4.69, 9.17) is 0 Å². The van der Waals surface area contributed by atoms with Crippen molar-refractivity contribution in [2.24, 2.45) is 0 Å². The Labute approximate surface area is 121 Å². The van der Waals surface area contributed by atoms with Crippen LogP contribution in [0.15, 0.2) is 12.1 Å². The van der Waals surface area contributed by atoms with Gasteiger partial charge in [-0.15, -0.1) is 0 Å². The molecule has 0 spiro atoms. The molecule has 0 bridgehead atoms. The average Bonchev–Trinajstić information content (AvgIpc) is 2.44. The van der Waals surface area contributed by atoms with Gasteiger partial charge in [-0.05, 0) is 13.3 Å². The number of hydrogen-bond donors (Lipinski definition) is 2. The van der Waals surface area contributed by atoms with Crippen molar-refractivity contribution in [3.63, 3.8) is 0 Å². The van der Waals surface area contributed by atoms with Gasteiger partial charge in [-0.2, -0.15) is 0 Å². The van der Waals surface area contributed by atoms with E-state index in [1.54, 1.807) is 0 Å². The zero-order chi connectivity index (χ0) is 15.6. The van der Waals surface area contributed by atoms with Crippen molar-refractivity contribution < 1.29 is 18.4 Å². The lowest BCUT2D eigenvalue weighted by Crippen LogP contribution is -2.47. The van der Waals surface area contributed by atoms with Crippen molar-refractivity contribution in [1.29, 1.82) is 0 Å². The maximum Gasteiger partial charge on any atom is 0.246 e. The molecular weight excluding hydrogens is 280 g/mol. The van der Waals surface area contributed by atoms with Crippen molar-refractivity contribution in [1.82, 2.24) is 5.32 Å². The Morgan fingerprint density at radius 3 is 2.76 bits per heavy atom. The Morgan fingerprint density at radius 2 is 2.10 bits per heavy atom. The lowest BCUT2D eigenvalue weighted by molar-refractivity contribution is -0.123. The summed E-state index contributed by atoms with van der Waals surface area (Å²) >= 11 is 0. The summed E-state index contributed by atoms with van der Waals surface area (Å²) in [5.41, 5.74) is 0.467. The van der Waals surface area contributed by atoms with E-state index < -0.39 is 11.6 Å². The van der Waals surface area contributed by atoms with Crippen LogP contribution in [0.3, 0.4) is 0 Å². The maximum atomic E-state index is 13.4. The van der Waals surface area contributed by atoms with Crippen molar-refractivity contribution in [2.45, 2.75) is 26.3 Å². The molecule has 0 saturated heterocycles. The van der Waals surface area contributed by atoms with Crippen molar-refractivity contribution in [3.8, 4) is 0 Å². The number of amides is 2. The molecule has 2 N–H and O–H groups in total. The molecule has 1 aliphatic heterocycles. The van der Waals surface area contributed by atoms with Gasteiger partial charge in [0.05, 0.1) is 17.9 Å². The van der Waals surface area contributed by atoms with Crippen LogP contribution >= 0.6 is 0 Å². The van der Waals surface area contributed by atoms with Crippen LogP contribution in [0.1, 0.15) is 20.3 Å². The van der Waals surface area contributed by atoms with E-state index in [-0.39, 0.29) is 36.6 Å². The molecule has 2 amide bonds. The van der Waals surface area contributed by atoms with Crippen molar-refractivity contribution >= 4 is 23.2 Å². The second-order valence-electron chi connectivity index (χ2n) is 4.99. The maximum absolute atomic E-state index is 13.4. The third kappa shape index (κ3) is 3.29. The molecule has 0 aliphatic carbocycles. The fourth-order valence-corrected chi connectivity index (χ4v) is 2.04. The Bertz CT molecular complexity index is 578. The van der Waals surface area contributed by atoms with Crippen LogP contribution < -0.4 is 15.5 Å². The Hall–Kier alpha value is -2.18. The molecule has 1 heterocycles. The van der Waals surface area contributed by atoms with Gasteiger partial charge < -0.3 is 10.6 Å². The number of carbonyl (C=O) groups is 2. The molecule has 1 aromatic rings. The Kier molecular flexibility index (Phi) is 4.40. The smallest absolute Gasteiger partial charge is 0.246 e. The van der Waals surface area contributed by atoms with E-state index in [9.17, 15) is 18.4 Å². The molecule has 0 fully saturated rings. The average molecular weight is 297 g/mol. The van der Waals surface area contributed by atoms with Gasteiger partial charge >= 0.3 is 0 Å². The predicted molar refractivity (Wildman–Crippen MR) is 75.1 cm³/mol. The van der Waals surface area contributed by atoms with Gasteiger partial charge in [-0.3, -0.25) is 14.5 Å². The zero-order valence-electron chi connectivity index (χ0n) is 11.9. The van der Waals surface area contributed by atoms with Gasteiger partial charge in [-0.1, -0.05) is 6.92 Å². The highest BCUT2D eigenvalue weighted by molar-refractivity contribution is 6.05. The number of hydrogen-bond acceptors (Lipinski definition) is 3. The molecule has 2 rings (SSSR count). The van der Waals surface area contributed by atoms with Crippen molar-refractivity contribution in [2.75, 3.05) is 23.3 Å². The minimum Gasteiger partial charge on any atom is -0.374 e. The van der Waals surface area contributed by atoms with Gasteiger partial charge in [0.15, 0.2) is 11.6 Å². The molecule has 1 atom stereocenters. The summed E-state index contributed by atoms with van der Waals surface area (Å²) < 4.78 is 26.6. The third-order valence-corrected chi connectivity index (χ3v) is 3.38. The largest absolute Gasteiger partial charge is 0.374 e. The van der Waals surface area contributed by atoms with Crippen LogP contribution in [0.5, 0.6) is 0 Å². The van der Waals surface area contributed by atoms with E-state index in [1.165, 1.54) is 0 Å². The number of anilines is 2. The first-order valence-corrected chi connectivity index (χ1v) is 6.75. The number of halogens is 2. The summed E-state index contributed by atoms with van der Waals surface area (Å²) in [5.74, 6) is -2.76. The molecule has 1 aliphatic rings. The molecule has 21 heavy (non-hydrogen) atoms. The van der Waals surface area contributed by atoms with Crippen LogP contribution in [0.4, 0.5) is 20.2 Å². The summed E-state index contributed by atoms with van der Waals surface area (Å²) in [7, 11) is 0. The lowest BCUT2D eigenvalue weighted by atomic mass is 10.1. The van der Waals surface area contributed by atoms with E-state index in [1.807, 2.05) is 13.8 Å². The van der Waals surface area contributed by atoms with E-state index in [2.05, 4.69) is 10.6 Å². The molecule has 114 valence electrons. The SMILES string of the molecule is CCC(C)NC(=O)CN1C(=O)CNc2cc(F)c(F)cc21. The van der Waals surface area contributed by atoms with E-state index in [0.717, 1.165) is 23.5 Å². The molecule has 1 aromatic carbocycles. The van der Waals surface area contributed by atoms with Gasteiger partial charge in [0.25, 0.3) is 0 Å². The summed E-state index contributed by atoms with van der Waals surface area (Å²) in [6, 6.07) is 1.89. The third-order valence-electron chi connectivity index (χ3n) is 3.38. The molecule has 1 unspecified atom stereocenters. The summed E-state index contributed by atoms with van der Waals surface area (Å²) in [5, 5.41) is 5.44. The topological polar surface area (TPSA) is 61.4 Å². The normalized spacial score (nSPS) is 15.2. The van der Waals surface area contributed by atoms with Gasteiger partial charge in [0.1, 0.15) is 6.54 Å². The fourth-order valence-electron chi connectivity index (χ4n) is 2.04. The molecule has 7 heteroatoms. The minimum atomic E-state index is -1.06. The van der Waals surface area contributed by atoms with E-state index >= 15 is 0 Å². The summed E-state index contributed by atoms with van der Waals surface area (Å²) in [6.45, 7) is 3.49. The predicted octanol–water partition coefficient (Wildman–Crippen LogP) is 1.64. The summed E-state index contributed by atoms with van der Waals surface area (Å²) in [6.07, 6.45) is 0.762. The Morgan fingerprint density at radius 1 is 1.43 bits per heavy atom. The van der Waals surface area contributed by atoms with Crippen LogP contribution in [0.25, 0.3) is 0 Å². The molecule has 5 nitrogen and oxygen atoms in total. The van der Waals surface area contributed by atoms with Gasteiger partial charge in [0.2, 0.25) is 11.8 Å².